The highest BCUT2D eigenvalue weighted by Gasteiger charge is 2.01. The lowest BCUT2D eigenvalue weighted by Gasteiger charge is -2.11. The molecule has 100 valence electrons. The molecule has 0 aliphatic heterocycles. The Kier molecular flexibility index (Phi) is 3.85. The van der Waals surface area contributed by atoms with Gasteiger partial charge in [0.25, 0.3) is 0 Å². The van der Waals surface area contributed by atoms with Crippen LogP contribution in [-0.2, 0) is 0 Å². The van der Waals surface area contributed by atoms with Crippen LogP contribution in [0.5, 0.6) is 5.75 Å². The molecule has 0 bridgehead atoms. The molecular formula is C14H18N4O. The molecule has 0 aliphatic carbocycles. The van der Waals surface area contributed by atoms with Gasteiger partial charge in [0.2, 0.25) is 5.95 Å². The first-order valence-electron chi connectivity index (χ1n) is 6.18. The Balaban J connectivity index is 2.10. The van der Waals surface area contributed by atoms with E-state index in [0.29, 0.717) is 5.82 Å². The molecule has 5 heteroatoms. The SMILES string of the molecule is Cc1cc(Nc2ccc(OC(C)C)cc2)nc(N)n1. The molecule has 1 heterocycles. The zero-order valence-electron chi connectivity index (χ0n) is 11.3. The zero-order chi connectivity index (χ0) is 13.8. The quantitative estimate of drug-likeness (QED) is 0.882. The Morgan fingerprint density at radius 2 is 1.84 bits per heavy atom. The number of aryl methyl sites for hydroxylation is 1. The number of anilines is 3. The van der Waals surface area contributed by atoms with Crippen molar-refractivity contribution in [1.82, 2.24) is 9.97 Å². The summed E-state index contributed by atoms with van der Waals surface area (Å²) in [4.78, 5) is 8.15. The number of aromatic nitrogens is 2. The van der Waals surface area contributed by atoms with Crippen molar-refractivity contribution in [3.05, 3.63) is 36.0 Å². The summed E-state index contributed by atoms with van der Waals surface area (Å²) < 4.78 is 5.58. The number of nitrogen functional groups attached to an aromatic ring is 1. The maximum Gasteiger partial charge on any atom is 0.222 e. The van der Waals surface area contributed by atoms with Gasteiger partial charge < -0.3 is 15.8 Å². The molecule has 0 saturated heterocycles. The third-order valence-corrected chi connectivity index (χ3v) is 2.37. The van der Waals surface area contributed by atoms with E-state index in [2.05, 4.69) is 15.3 Å². The van der Waals surface area contributed by atoms with Gasteiger partial charge in [-0.05, 0) is 45.0 Å². The summed E-state index contributed by atoms with van der Waals surface area (Å²) in [5, 5.41) is 3.18. The van der Waals surface area contributed by atoms with Crippen molar-refractivity contribution >= 4 is 17.5 Å². The molecule has 0 atom stereocenters. The van der Waals surface area contributed by atoms with Gasteiger partial charge in [-0.15, -0.1) is 0 Å². The number of nitrogens with zero attached hydrogens (tertiary/aromatic N) is 2. The lowest BCUT2D eigenvalue weighted by atomic mass is 10.3. The van der Waals surface area contributed by atoms with Crippen LogP contribution in [0.3, 0.4) is 0 Å². The van der Waals surface area contributed by atoms with Crippen molar-refractivity contribution in [1.29, 1.82) is 0 Å². The van der Waals surface area contributed by atoms with Crippen LogP contribution >= 0.6 is 0 Å². The fraction of sp³-hybridized carbons (Fsp3) is 0.286. The van der Waals surface area contributed by atoms with Gasteiger partial charge in [0.1, 0.15) is 11.6 Å². The second-order valence-corrected chi connectivity index (χ2v) is 4.57. The van der Waals surface area contributed by atoms with Gasteiger partial charge in [0, 0.05) is 17.4 Å². The molecule has 2 aromatic rings. The van der Waals surface area contributed by atoms with Gasteiger partial charge in [-0.2, -0.15) is 4.98 Å². The Morgan fingerprint density at radius 1 is 1.16 bits per heavy atom. The van der Waals surface area contributed by atoms with Gasteiger partial charge in [-0.25, -0.2) is 4.98 Å². The number of hydrogen-bond donors (Lipinski definition) is 2. The second-order valence-electron chi connectivity index (χ2n) is 4.57. The minimum Gasteiger partial charge on any atom is -0.491 e. The van der Waals surface area contributed by atoms with Crippen LogP contribution in [0.15, 0.2) is 30.3 Å². The summed E-state index contributed by atoms with van der Waals surface area (Å²) in [6.45, 7) is 5.88. The summed E-state index contributed by atoms with van der Waals surface area (Å²) in [6.07, 6.45) is 0.170. The van der Waals surface area contributed by atoms with Crippen molar-refractivity contribution in [2.75, 3.05) is 11.1 Å². The Hall–Kier alpha value is -2.30. The first-order chi connectivity index (χ1) is 9.02. The summed E-state index contributed by atoms with van der Waals surface area (Å²) in [5.41, 5.74) is 7.36. The third-order valence-electron chi connectivity index (χ3n) is 2.37. The summed E-state index contributed by atoms with van der Waals surface area (Å²) >= 11 is 0. The Labute approximate surface area is 112 Å². The summed E-state index contributed by atoms with van der Waals surface area (Å²) in [6, 6.07) is 9.55. The maximum absolute atomic E-state index is 5.61. The fourth-order valence-corrected chi connectivity index (χ4v) is 1.69. The predicted molar refractivity (Wildman–Crippen MR) is 76.7 cm³/mol. The van der Waals surface area contributed by atoms with E-state index in [9.17, 15) is 0 Å². The monoisotopic (exact) mass is 258 g/mol. The number of ether oxygens (including phenoxy) is 1. The molecule has 0 spiro atoms. The summed E-state index contributed by atoms with van der Waals surface area (Å²) in [7, 11) is 0. The molecule has 0 fully saturated rings. The van der Waals surface area contributed by atoms with Gasteiger partial charge in [0.05, 0.1) is 6.10 Å². The average Bonchev–Trinajstić information content (AvgIpc) is 2.29. The largest absolute Gasteiger partial charge is 0.491 e. The lowest BCUT2D eigenvalue weighted by Crippen LogP contribution is -2.05. The minimum absolute atomic E-state index is 0.170. The van der Waals surface area contributed by atoms with E-state index < -0.39 is 0 Å². The Bertz CT molecular complexity index is 532. The van der Waals surface area contributed by atoms with Crippen molar-refractivity contribution in [2.45, 2.75) is 26.9 Å². The number of nitrogens with one attached hydrogen (secondary N) is 1. The third kappa shape index (κ3) is 3.84. The zero-order valence-corrected chi connectivity index (χ0v) is 11.3. The van der Waals surface area contributed by atoms with Crippen LogP contribution in [0.25, 0.3) is 0 Å². The van der Waals surface area contributed by atoms with E-state index in [4.69, 9.17) is 10.5 Å². The van der Waals surface area contributed by atoms with Gasteiger partial charge >= 0.3 is 0 Å². The van der Waals surface area contributed by atoms with E-state index in [1.165, 1.54) is 0 Å². The van der Waals surface area contributed by atoms with Crippen LogP contribution < -0.4 is 15.8 Å². The lowest BCUT2D eigenvalue weighted by molar-refractivity contribution is 0.242. The highest BCUT2D eigenvalue weighted by molar-refractivity contribution is 5.58. The van der Waals surface area contributed by atoms with Crippen molar-refractivity contribution in [3.8, 4) is 5.75 Å². The minimum atomic E-state index is 0.170. The van der Waals surface area contributed by atoms with Crippen LogP contribution in [-0.4, -0.2) is 16.1 Å². The summed E-state index contributed by atoms with van der Waals surface area (Å²) in [5.74, 6) is 1.80. The molecule has 2 rings (SSSR count). The molecule has 19 heavy (non-hydrogen) atoms. The number of benzene rings is 1. The molecule has 3 N–H and O–H groups in total. The van der Waals surface area contributed by atoms with Gasteiger partial charge in [-0.1, -0.05) is 0 Å². The molecule has 0 unspecified atom stereocenters. The normalized spacial score (nSPS) is 10.5. The molecule has 0 aliphatic rings. The molecule has 0 amide bonds. The van der Waals surface area contributed by atoms with E-state index in [1.807, 2.05) is 51.1 Å². The second kappa shape index (κ2) is 5.56. The first-order valence-corrected chi connectivity index (χ1v) is 6.18. The smallest absolute Gasteiger partial charge is 0.222 e. The highest BCUT2D eigenvalue weighted by Crippen LogP contribution is 2.20. The fourth-order valence-electron chi connectivity index (χ4n) is 1.69. The van der Waals surface area contributed by atoms with E-state index >= 15 is 0 Å². The van der Waals surface area contributed by atoms with E-state index in [-0.39, 0.29) is 12.1 Å². The average molecular weight is 258 g/mol. The van der Waals surface area contributed by atoms with Gasteiger partial charge in [0.15, 0.2) is 0 Å². The van der Waals surface area contributed by atoms with E-state index in [0.717, 1.165) is 17.1 Å². The number of rotatable bonds is 4. The van der Waals surface area contributed by atoms with Crippen LogP contribution in [0.2, 0.25) is 0 Å². The van der Waals surface area contributed by atoms with Crippen LogP contribution in [0.1, 0.15) is 19.5 Å². The highest BCUT2D eigenvalue weighted by atomic mass is 16.5. The molecule has 1 aromatic heterocycles. The topological polar surface area (TPSA) is 73.1 Å². The number of nitrogens with two attached hydrogens (primary N) is 1. The molecule has 1 aromatic carbocycles. The number of hydrogen-bond acceptors (Lipinski definition) is 5. The molecule has 0 saturated carbocycles. The van der Waals surface area contributed by atoms with Crippen molar-refractivity contribution in [3.63, 3.8) is 0 Å². The predicted octanol–water partition coefficient (Wildman–Crippen LogP) is 2.90. The van der Waals surface area contributed by atoms with E-state index in [1.54, 1.807) is 0 Å². The first kappa shape index (κ1) is 13.1. The van der Waals surface area contributed by atoms with Crippen molar-refractivity contribution in [2.24, 2.45) is 0 Å². The van der Waals surface area contributed by atoms with Crippen LogP contribution in [0, 0.1) is 6.92 Å². The van der Waals surface area contributed by atoms with Crippen LogP contribution in [0.4, 0.5) is 17.5 Å². The van der Waals surface area contributed by atoms with Crippen molar-refractivity contribution < 1.29 is 4.74 Å². The maximum atomic E-state index is 5.61. The Morgan fingerprint density at radius 3 is 2.42 bits per heavy atom. The molecule has 0 radical (unpaired) electrons. The standard InChI is InChI=1S/C14H18N4O/c1-9(2)19-12-6-4-11(5-7-12)17-13-8-10(3)16-14(15)18-13/h4-9H,1-3H3,(H3,15,16,17,18). The molecule has 5 nitrogen and oxygen atoms in total. The molecular weight excluding hydrogens is 240 g/mol. The van der Waals surface area contributed by atoms with Gasteiger partial charge in [-0.3, -0.25) is 0 Å².